The minimum Gasteiger partial charge on any atom is -0.449 e. The molecule has 0 radical (unpaired) electrons. The number of hydrogen-bond donors (Lipinski definition) is 1. The average molecular weight is 244 g/mol. The molecule has 4 heteroatoms. The molecule has 0 saturated carbocycles. The highest BCUT2D eigenvalue weighted by Gasteiger charge is 2.28. The van der Waals surface area contributed by atoms with Gasteiger partial charge in [-0.05, 0) is 18.9 Å². The van der Waals surface area contributed by atoms with E-state index in [1.165, 1.54) is 0 Å². The molecule has 0 aromatic rings. The fraction of sp³-hybridized carbons (Fsp3) is 0.923. The van der Waals surface area contributed by atoms with E-state index in [0.29, 0.717) is 12.6 Å². The number of carbonyl (C=O) groups is 1. The van der Waals surface area contributed by atoms with Crippen LogP contribution in [0.3, 0.4) is 0 Å². The molecule has 102 valence electrons. The van der Waals surface area contributed by atoms with E-state index < -0.39 is 0 Å². The van der Waals surface area contributed by atoms with Gasteiger partial charge in [-0.25, -0.2) is 4.79 Å². The first-order chi connectivity index (χ1) is 7.95. The summed E-state index contributed by atoms with van der Waals surface area (Å²) in [7, 11) is 1.94. The molecule has 0 aromatic carbocycles. The Labute approximate surface area is 106 Å². The van der Waals surface area contributed by atoms with E-state index in [0.717, 1.165) is 19.5 Å². The van der Waals surface area contributed by atoms with Crippen LogP contribution in [0.15, 0.2) is 0 Å². The third-order valence-corrected chi connectivity index (χ3v) is 2.85. The second-order valence-corrected chi connectivity index (χ2v) is 5.12. The van der Waals surface area contributed by atoms with Crippen molar-refractivity contribution in [1.29, 1.82) is 0 Å². The van der Waals surface area contributed by atoms with Crippen LogP contribution in [-0.2, 0) is 4.74 Å². The van der Waals surface area contributed by atoms with Crippen molar-refractivity contribution in [2.24, 2.45) is 5.41 Å². The fourth-order valence-electron chi connectivity index (χ4n) is 1.78. The number of ether oxygens (including phenoxy) is 1. The standard InChI is InChI=1S/C11H22N2O2.C2H6/c1-11(2,3)9(12-4)8-13-6-5-7-15-10(13)14;1-2/h9,12H,5-8H2,1-4H3;1-2H3. The van der Waals surface area contributed by atoms with E-state index >= 15 is 0 Å². The second kappa shape index (κ2) is 7.54. The topological polar surface area (TPSA) is 41.6 Å². The Morgan fingerprint density at radius 2 is 2.00 bits per heavy atom. The Balaban J connectivity index is 0.00000121. The monoisotopic (exact) mass is 244 g/mol. The second-order valence-electron chi connectivity index (χ2n) is 5.12. The summed E-state index contributed by atoms with van der Waals surface area (Å²) >= 11 is 0. The Kier molecular flexibility index (Phi) is 7.19. The van der Waals surface area contributed by atoms with Gasteiger partial charge in [0.05, 0.1) is 6.61 Å². The van der Waals surface area contributed by atoms with Crippen LogP contribution in [0.5, 0.6) is 0 Å². The van der Waals surface area contributed by atoms with Crippen molar-refractivity contribution in [3.8, 4) is 0 Å². The highest BCUT2D eigenvalue weighted by Crippen LogP contribution is 2.20. The van der Waals surface area contributed by atoms with Crippen LogP contribution >= 0.6 is 0 Å². The number of rotatable bonds is 3. The van der Waals surface area contributed by atoms with E-state index in [-0.39, 0.29) is 11.5 Å². The van der Waals surface area contributed by atoms with Crippen molar-refractivity contribution in [2.75, 3.05) is 26.7 Å². The minimum atomic E-state index is -0.175. The van der Waals surface area contributed by atoms with E-state index in [9.17, 15) is 4.79 Å². The summed E-state index contributed by atoms with van der Waals surface area (Å²) in [4.78, 5) is 13.2. The first kappa shape index (κ1) is 16.2. The number of cyclic esters (lactones) is 1. The number of carbonyl (C=O) groups excluding carboxylic acids is 1. The van der Waals surface area contributed by atoms with Crippen LogP contribution in [-0.4, -0.2) is 43.8 Å². The normalized spacial score (nSPS) is 18.0. The van der Waals surface area contributed by atoms with Crippen molar-refractivity contribution < 1.29 is 9.53 Å². The van der Waals surface area contributed by atoms with Crippen LogP contribution < -0.4 is 5.32 Å². The SMILES string of the molecule is CC.CNC(CN1CCCOC1=O)C(C)(C)C. The van der Waals surface area contributed by atoms with Gasteiger partial charge in [-0.2, -0.15) is 0 Å². The van der Waals surface area contributed by atoms with E-state index in [4.69, 9.17) is 4.74 Å². The Bertz CT molecular complexity index is 224. The molecule has 17 heavy (non-hydrogen) atoms. The van der Waals surface area contributed by atoms with Gasteiger partial charge in [0.1, 0.15) is 0 Å². The maximum absolute atomic E-state index is 11.4. The number of amides is 1. The highest BCUT2D eigenvalue weighted by atomic mass is 16.6. The molecule has 1 saturated heterocycles. The fourth-order valence-corrected chi connectivity index (χ4v) is 1.78. The zero-order valence-electron chi connectivity index (χ0n) is 12.2. The average Bonchev–Trinajstić information content (AvgIpc) is 2.29. The van der Waals surface area contributed by atoms with Crippen LogP contribution in [0.2, 0.25) is 0 Å². The molecule has 1 atom stereocenters. The predicted octanol–water partition coefficient (Wildman–Crippen LogP) is 2.49. The molecule has 1 fully saturated rings. The molecule has 1 N–H and O–H groups in total. The van der Waals surface area contributed by atoms with Crippen molar-refractivity contribution in [3.63, 3.8) is 0 Å². The predicted molar refractivity (Wildman–Crippen MR) is 71.2 cm³/mol. The summed E-state index contributed by atoms with van der Waals surface area (Å²) in [5, 5.41) is 3.26. The largest absolute Gasteiger partial charge is 0.449 e. The van der Waals surface area contributed by atoms with Gasteiger partial charge < -0.3 is 15.0 Å². The first-order valence-corrected chi connectivity index (χ1v) is 6.54. The summed E-state index contributed by atoms with van der Waals surface area (Å²) in [6.45, 7) is 12.6. The molecule has 1 rings (SSSR count). The molecule has 1 aliphatic heterocycles. The molecule has 0 aliphatic carbocycles. The number of hydrogen-bond acceptors (Lipinski definition) is 3. The van der Waals surface area contributed by atoms with Gasteiger partial charge in [0.25, 0.3) is 0 Å². The molecule has 0 bridgehead atoms. The number of likely N-dealkylation sites (N-methyl/N-ethyl adjacent to an activating group) is 1. The van der Waals surface area contributed by atoms with Crippen molar-refractivity contribution in [1.82, 2.24) is 10.2 Å². The summed E-state index contributed by atoms with van der Waals surface area (Å²) in [6.07, 6.45) is 0.762. The third kappa shape index (κ3) is 5.39. The van der Waals surface area contributed by atoms with Crippen LogP contribution in [0.4, 0.5) is 4.79 Å². The van der Waals surface area contributed by atoms with E-state index in [2.05, 4.69) is 26.1 Å². The summed E-state index contributed by atoms with van der Waals surface area (Å²) < 4.78 is 5.01. The third-order valence-electron chi connectivity index (χ3n) is 2.85. The molecule has 1 aliphatic rings. The van der Waals surface area contributed by atoms with Crippen LogP contribution in [0.1, 0.15) is 41.0 Å². The quantitative estimate of drug-likeness (QED) is 0.829. The van der Waals surface area contributed by atoms with Gasteiger partial charge in [0, 0.05) is 19.1 Å². The lowest BCUT2D eigenvalue weighted by atomic mass is 9.86. The zero-order chi connectivity index (χ0) is 13.5. The van der Waals surface area contributed by atoms with Gasteiger partial charge in [-0.3, -0.25) is 0 Å². The van der Waals surface area contributed by atoms with E-state index in [1.807, 2.05) is 20.9 Å². The van der Waals surface area contributed by atoms with E-state index in [1.54, 1.807) is 4.90 Å². The van der Waals surface area contributed by atoms with Gasteiger partial charge in [-0.1, -0.05) is 34.6 Å². The molecule has 1 unspecified atom stereocenters. The van der Waals surface area contributed by atoms with Crippen LogP contribution in [0, 0.1) is 5.41 Å². The van der Waals surface area contributed by atoms with Crippen molar-refractivity contribution in [3.05, 3.63) is 0 Å². The Morgan fingerprint density at radius 1 is 1.41 bits per heavy atom. The van der Waals surface area contributed by atoms with Crippen molar-refractivity contribution >= 4 is 6.09 Å². The first-order valence-electron chi connectivity index (χ1n) is 6.54. The zero-order valence-corrected chi connectivity index (χ0v) is 12.2. The molecule has 1 amide bonds. The number of nitrogens with one attached hydrogen (secondary N) is 1. The molecule has 1 heterocycles. The Hall–Kier alpha value is -0.770. The maximum atomic E-state index is 11.4. The molecule has 4 nitrogen and oxygen atoms in total. The lowest BCUT2D eigenvalue weighted by Crippen LogP contribution is -2.50. The number of nitrogens with zero attached hydrogens (tertiary/aromatic N) is 1. The van der Waals surface area contributed by atoms with Gasteiger partial charge in [0.2, 0.25) is 0 Å². The Morgan fingerprint density at radius 3 is 2.41 bits per heavy atom. The van der Waals surface area contributed by atoms with Crippen LogP contribution in [0.25, 0.3) is 0 Å². The minimum absolute atomic E-state index is 0.145. The molecule has 0 spiro atoms. The lowest BCUT2D eigenvalue weighted by Gasteiger charge is -2.36. The maximum Gasteiger partial charge on any atom is 0.409 e. The highest BCUT2D eigenvalue weighted by molar-refractivity contribution is 5.68. The summed E-state index contributed by atoms with van der Waals surface area (Å²) in [6, 6.07) is 0.295. The lowest BCUT2D eigenvalue weighted by molar-refractivity contribution is 0.0622. The molecule has 0 aromatic heterocycles. The van der Waals surface area contributed by atoms with Gasteiger partial charge >= 0.3 is 6.09 Å². The summed E-state index contributed by atoms with van der Waals surface area (Å²) in [5.74, 6) is 0. The van der Waals surface area contributed by atoms with Gasteiger partial charge in [-0.15, -0.1) is 0 Å². The smallest absolute Gasteiger partial charge is 0.409 e. The van der Waals surface area contributed by atoms with Crippen molar-refractivity contribution in [2.45, 2.75) is 47.1 Å². The molecular weight excluding hydrogens is 216 g/mol. The summed E-state index contributed by atoms with van der Waals surface area (Å²) in [5.41, 5.74) is 0.145. The molecular formula is C13H28N2O2. The van der Waals surface area contributed by atoms with Gasteiger partial charge in [0.15, 0.2) is 0 Å².